The average Bonchev–Trinajstić information content (AvgIpc) is 2.42. The van der Waals surface area contributed by atoms with Crippen LogP contribution in [0.4, 0.5) is 5.69 Å². The number of ether oxygens (including phenoxy) is 1. The van der Waals surface area contributed by atoms with E-state index in [9.17, 15) is 9.59 Å². The summed E-state index contributed by atoms with van der Waals surface area (Å²) in [6, 6.07) is 7.55. The summed E-state index contributed by atoms with van der Waals surface area (Å²) < 4.78 is 5.10. The number of piperidine rings is 1. The van der Waals surface area contributed by atoms with Crippen molar-refractivity contribution in [1.82, 2.24) is 5.32 Å². The molecule has 2 N–H and O–H groups in total. The van der Waals surface area contributed by atoms with Crippen molar-refractivity contribution in [3.63, 3.8) is 0 Å². The van der Waals surface area contributed by atoms with Crippen molar-refractivity contribution in [2.24, 2.45) is 5.92 Å². The number of methoxy groups -OCH3 is 1. The Labute approximate surface area is 112 Å². The van der Waals surface area contributed by atoms with Crippen LogP contribution in [0.15, 0.2) is 24.3 Å². The number of nitrogens with one attached hydrogen (secondary N) is 2. The fraction of sp³-hybridized carbons (Fsp3) is 0.429. The maximum absolute atomic E-state index is 12.1. The van der Waals surface area contributed by atoms with Crippen LogP contribution in [0, 0.1) is 5.92 Å². The molecule has 0 saturated carbocycles. The number of hydrogen-bond acceptors (Lipinski definition) is 3. The molecule has 5 heteroatoms. The first-order valence-corrected chi connectivity index (χ1v) is 6.35. The second kappa shape index (κ2) is 6.33. The second-order valence-corrected chi connectivity index (χ2v) is 4.62. The first-order valence-electron chi connectivity index (χ1n) is 6.35. The summed E-state index contributed by atoms with van der Waals surface area (Å²) in [4.78, 5) is 23.2. The van der Waals surface area contributed by atoms with Gasteiger partial charge in [-0.25, -0.2) is 0 Å². The van der Waals surface area contributed by atoms with Gasteiger partial charge in [-0.1, -0.05) is 18.2 Å². The number of amides is 2. The summed E-state index contributed by atoms with van der Waals surface area (Å²) in [6.45, 7) is 0.870. The van der Waals surface area contributed by atoms with Gasteiger partial charge in [0.2, 0.25) is 11.8 Å². The normalized spacial score (nSPS) is 18.8. The number of para-hydroxylation sites is 1. The molecule has 5 nitrogen and oxygen atoms in total. The van der Waals surface area contributed by atoms with E-state index in [1.165, 1.54) is 0 Å². The highest BCUT2D eigenvalue weighted by atomic mass is 16.5. The topological polar surface area (TPSA) is 67.4 Å². The molecule has 2 rings (SSSR count). The van der Waals surface area contributed by atoms with Crippen molar-refractivity contribution in [2.45, 2.75) is 19.4 Å². The molecule has 1 aliphatic rings. The first-order chi connectivity index (χ1) is 9.20. The van der Waals surface area contributed by atoms with Crippen molar-refractivity contribution < 1.29 is 14.3 Å². The smallest absolute Gasteiger partial charge is 0.229 e. The molecule has 1 unspecified atom stereocenters. The lowest BCUT2D eigenvalue weighted by Crippen LogP contribution is -2.40. The molecule has 1 heterocycles. The maximum Gasteiger partial charge on any atom is 0.229 e. The highest BCUT2D eigenvalue weighted by molar-refractivity contribution is 5.94. The minimum absolute atomic E-state index is 0.0174. The van der Waals surface area contributed by atoms with Gasteiger partial charge in [0, 0.05) is 31.3 Å². The predicted octanol–water partition coefficient (Wildman–Crippen LogP) is 1.30. The van der Waals surface area contributed by atoms with E-state index in [0.717, 1.165) is 11.3 Å². The molecular weight excluding hydrogens is 244 g/mol. The van der Waals surface area contributed by atoms with Crippen molar-refractivity contribution in [1.29, 1.82) is 0 Å². The molecule has 0 bridgehead atoms. The number of rotatable bonds is 4. The lowest BCUT2D eigenvalue weighted by molar-refractivity contribution is -0.126. The van der Waals surface area contributed by atoms with E-state index in [2.05, 4.69) is 10.6 Å². The van der Waals surface area contributed by atoms with Gasteiger partial charge in [-0.2, -0.15) is 0 Å². The molecule has 102 valence electrons. The third kappa shape index (κ3) is 3.54. The van der Waals surface area contributed by atoms with Crippen LogP contribution in [0.5, 0.6) is 0 Å². The molecule has 0 aliphatic carbocycles. The molecule has 1 aromatic carbocycles. The molecule has 0 aromatic heterocycles. The van der Waals surface area contributed by atoms with E-state index in [4.69, 9.17) is 4.74 Å². The van der Waals surface area contributed by atoms with E-state index in [1.807, 2.05) is 24.3 Å². The Kier molecular flexibility index (Phi) is 4.52. The Hall–Kier alpha value is -1.88. The maximum atomic E-state index is 12.1. The van der Waals surface area contributed by atoms with Gasteiger partial charge in [0.1, 0.15) is 0 Å². The molecule has 1 atom stereocenters. The third-order valence-electron chi connectivity index (χ3n) is 3.21. The molecule has 1 aliphatic heterocycles. The zero-order valence-corrected chi connectivity index (χ0v) is 10.9. The monoisotopic (exact) mass is 262 g/mol. The SMILES string of the molecule is COCc1ccccc1NC(=O)C1CCC(=O)NC1. The van der Waals surface area contributed by atoms with Gasteiger partial charge in [0.25, 0.3) is 0 Å². The Morgan fingerprint density at radius 2 is 2.26 bits per heavy atom. The quantitative estimate of drug-likeness (QED) is 0.859. The van der Waals surface area contributed by atoms with Gasteiger partial charge in [-0.15, -0.1) is 0 Å². The molecule has 1 aromatic rings. The average molecular weight is 262 g/mol. The minimum Gasteiger partial charge on any atom is -0.380 e. The van der Waals surface area contributed by atoms with Crippen LogP contribution < -0.4 is 10.6 Å². The standard InChI is InChI=1S/C14H18N2O3/c1-19-9-11-4-2-3-5-12(11)16-14(18)10-6-7-13(17)15-8-10/h2-5,10H,6-9H2,1H3,(H,15,17)(H,16,18). The van der Waals surface area contributed by atoms with Crippen LogP contribution in [-0.4, -0.2) is 25.5 Å². The van der Waals surface area contributed by atoms with E-state index >= 15 is 0 Å². The highest BCUT2D eigenvalue weighted by Crippen LogP contribution is 2.19. The van der Waals surface area contributed by atoms with Crippen LogP contribution in [0.25, 0.3) is 0 Å². The number of benzene rings is 1. The molecule has 2 amide bonds. The molecule has 0 radical (unpaired) electrons. The first kappa shape index (κ1) is 13.5. The van der Waals surface area contributed by atoms with Gasteiger partial charge in [0.05, 0.1) is 12.5 Å². The van der Waals surface area contributed by atoms with E-state index in [1.54, 1.807) is 7.11 Å². The summed E-state index contributed by atoms with van der Waals surface area (Å²) in [5.74, 6) is -0.194. The minimum atomic E-state index is -0.159. The largest absolute Gasteiger partial charge is 0.380 e. The van der Waals surface area contributed by atoms with Crippen LogP contribution >= 0.6 is 0 Å². The molecular formula is C14H18N2O3. The third-order valence-corrected chi connectivity index (χ3v) is 3.21. The van der Waals surface area contributed by atoms with E-state index in [0.29, 0.717) is 26.0 Å². The summed E-state index contributed by atoms with van der Waals surface area (Å²) in [6.07, 6.45) is 1.02. The number of carbonyl (C=O) groups is 2. The predicted molar refractivity (Wildman–Crippen MR) is 71.5 cm³/mol. The van der Waals surface area contributed by atoms with Crippen LogP contribution in [0.2, 0.25) is 0 Å². The van der Waals surface area contributed by atoms with Crippen molar-refractivity contribution in [3.8, 4) is 0 Å². The Bertz CT molecular complexity index is 464. The van der Waals surface area contributed by atoms with Gasteiger partial charge >= 0.3 is 0 Å². The number of hydrogen-bond donors (Lipinski definition) is 2. The van der Waals surface area contributed by atoms with Gasteiger partial charge in [-0.05, 0) is 12.5 Å². The lowest BCUT2D eigenvalue weighted by Gasteiger charge is -2.22. The Morgan fingerprint density at radius 1 is 1.47 bits per heavy atom. The van der Waals surface area contributed by atoms with Crippen molar-refractivity contribution in [3.05, 3.63) is 29.8 Å². The summed E-state index contributed by atoms with van der Waals surface area (Å²) in [5, 5.41) is 5.62. The van der Waals surface area contributed by atoms with Gasteiger partial charge in [-0.3, -0.25) is 9.59 Å². The van der Waals surface area contributed by atoms with Crippen molar-refractivity contribution in [2.75, 3.05) is 19.0 Å². The number of anilines is 1. The zero-order valence-electron chi connectivity index (χ0n) is 10.9. The molecule has 1 saturated heterocycles. The molecule has 1 fully saturated rings. The summed E-state index contributed by atoms with van der Waals surface area (Å²) >= 11 is 0. The Balaban J connectivity index is 2.00. The van der Waals surface area contributed by atoms with E-state index in [-0.39, 0.29) is 17.7 Å². The fourth-order valence-electron chi connectivity index (χ4n) is 2.12. The lowest BCUT2D eigenvalue weighted by atomic mass is 9.98. The van der Waals surface area contributed by atoms with Crippen LogP contribution in [0.1, 0.15) is 18.4 Å². The van der Waals surface area contributed by atoms with Crippen LogP contribution in [-0.2, 0) is 20.9 Å². The highest BCUT2D eigenvalue weighted by Gasteiger charge is 2.24. The molecule has 0 spiro atoms. The Morgan fingerprint density at radius 3 is 2.95 bits per heavy atom. The molecule has 19 heavy (non-hydrogen) atoms. The second-order valence-electron chi connectivity index (χ2n) is 4.62. The zero-order chi connectivity index (χ0) is 13.7. The summed E-state index contributed by atoms with van der Waals surface area (Å²) in [5.41, 5.74) is 1.71. The van der Waals surface area contributed by atoms with Gasteiger partial charge < -0.3 is 15.4 Å². The van der Waals surface area contributed by atoms with E-state index < -0.39 is 0 Å². The van der Waals surface area contributed by atoms with Crippen LogP contribution in [0.3, 0.4) is 0 Å². The number of carbonyl (C=O) groups excluding carboxylic acids is 2. The van der Waals surface area contributed by atoms with Gasteiger partial charge in [0.15, 0.2) is 0 Å². The van der Waals surface area contributed by atoms with Crippen molar-refractivity contribution >= 4 is 17.5 Å². The fourth-order valence-corrected chi connectivity index (χ4v) is 2.12. The summed E-state index contributed by atoms with van der Waals surface area (Å²) in [7, 11) is 1.62.